The van der Waals surface area contributed by atoms with Crippen LogP contribution in [0.4, 0.5) is 11.4 Å². The van der Waals surface area contributed by atoms with Gasteiger partial charge in [-0.2, -0.15) is 0 Å². The third kappa shape index (κ3) is 3.01. The summed E-state index contributed by atoms with van der Waals surface area (Å²) in [5.41, 5.74) is 6.73. The van der Waals surface area contributed by atoms with Crippen LogP contribution in [0.15, 0.2) is 18.2 Å². The van der Waals surface area contributed by atoms with Crippen LogP contribution in [-0.4, -0.2) is 16.7 Å². The van der Waals surface area contributed by atoms with E-state index in [0.29, 0.717) is 10.7 Å². The Bertz CT molecular complexity index is 350. The summed E-state index contributed by atoms with van der Waals surface area (Å²) >= 11 is 5.79. The van der Waals surface area contributed by atoms with Gasteiger partial charge in [0.15, 0.2) is 0 Å². The summed E-state index contributed by atoms with van der Waals surface area (Å²) in [6.07, 6.45) is -0.479. The van der Waals surface area contributed by atoms with Gasteiger partial charge in [0.1, 0.15) is 0 Å². The predicted octanol–water partition coefficient (Wildman–Crippen LogP) is 2.49. The second-order valence-electron chi connectivity index (χ2n) is 4.25. The zero-order chi connectivity index (χ0) is 11.6. The van der Waals surface area contributed by atoms with Gasteiger partial charge in [0.05, 0.1) is 23.0 Å². The largest absolute Gasteiger partial charge is 0.397 e. The van der Waals surface area contributed by atoms with Crippen LogP contribution in [0.1, 0.15) is 20.8 Å². The highest BCUT2D eigenvalue weighted by Crippen LogP contribution is 2.26. The molecular formula is C11H17ClN2O. The molecule has 3 nitrogen and oxygen atoms in total. The van der Waals surface area contributed by atoms with E-state index in [-0.39, 0.29) is 0 Å². The molecule has 84 valence electrons. The molecule has 0 aliphatic rings. The van der Waals surface area contributed by atoms with Crippen molar-refractivity contribution in [2.24, 2.45) is 0 Å². The van der Waals surface area contributed by atoms with Crippen LogP contribution >= 0.6 is 11.6 Å². The average molecular weight is 229 g/mol. The Hall–Kier alpha value is -0.930. The van der Waals surface area contributed by atoms with Crippen molar-refractivity contribution in [1.29, 1.82) is 0 Å². The fourth-order valence-corrected chi connectivity index (χ4v) is 1.28. The number of benzene rings is 1. The molecule has 4 heteroatoms. The number of nitrogen functional groups attached to an aromatic ring is 1. The second-order valence-corrected chi connectivity index (χ2v) is 4.69. The van der Waals surface area contributed by atoms with E-state index in [1.165, 1.54) is 0 Å². The van der Waals surface area contributed by atoms with E-state index < -0.39 is 11.6 Å². The van der Waals surface area contributed by atoms with Gasteiger partial charge in [-0.1, -0.05) is 11.6 Å². The third-order valence-corrected chi connectivity index (χ3v) is 2.75. The Balaban J connectivity index is 2.90. The minimum atomic E-state index is -0.479. The normalized spacial score (nSPS) is 13.7. The molecule has 0 spiro atoms. The van der Waals surface area contributed by atoms with Crippen molar-refractivity contribution >= 4 is 23.0 Å². The topological polar surface area (TPSA) is 58.3 Å². The summed E-state index contributed by atoms with van der Waals surface area (Å²) in [7, 11) is 0. The highest BCUT2D eigenvalue weighted by Gasteiger charge is 2.24. The van der Waals surface area contributed by atoms with Crippen molar-refractivity contribution in [3.05, 3.63) is 23.2 Å². The standard InChI is InChI=1S/C11H17ClN2O/c1-7(15)11(2,3)14-10-5-4-8(12)6-9(10)13/h4-7,14-15H,13H2,1-3H3. The van der Waals surface area contributed by atoms with Crippen molar-refractivity contribution < 1.29 is 5.11 Å². The Morgan fingerprint density at radius 1 is 1.47 bits per heavy atom. The maximum atomic E-state index is 9.56. The van der Waals surface area contributed by atoms with Gasteiger partial charge in [0.2, 0.25) is 0 Å². The number of nitrogens with one attached hydrogen (secondary N) is 1. The molecule has 0 heterocycles. The molecule has 0 fully saturated rings. The van der Waals surface area contributed by atoms with Gasteiger partial charge in [-0.15, -0.1) is 0 Å². The Morgan fingerprint density at radius 2 is 2.07 bits per heavy atom. The number of rotatable bonds is 3. The lowest BCUT2D eigenvalue weighted by atomic mass is 9.98. The molecule has 1 atom stereocenters. The molecule has 1 unspecified atom stereocenters. The molecule has 0 aliphatic carbocycles. The quantitative estimate of drug-likeness (QED) is 0.697. The average Bonchev–Trinajstić information content (AvgIpc) is 2.09. The Morgan fingerprint density at radius 3 is 2.53 bits per heavy atom. The summed E-state index contributed by atoms with van der Waals surface area (Å²) in [6, 6.07) is 5.25. The summed E-state index contributed by atoms with van der Waals surface area (Å²) in [6.45, 7) is 5.55. The summed E-state index contributed by atoms with van der Waals surface area (Å²) in [5.74, 6) is 0. The fourth-order valence-electron chi connectivity index (χ4n) is 1.10. The molecule has 0 radical (unpaired) electrons. The van der Waals surface area contributed by atoms with Gasteiger partial charge < -0.3 is 16.2 Å². The number of halogens is 1. The van der Waals surface area contributed by atoms with E-state index in [9.17, 15) is 5.11 Å². The number of hydrogen-bond acceptors (Lipinski definition) is 3. The van der Waals surface area contributed by atoms with Crippen molar-refractivity contribution in [2.75, 3.05) is 11.1 Å². The number of hydrogen-bond donors (Lipinski definition) is 3. The molecule has 1 rings (SSSR count). The molecule has 0 aliphatic heterocycles. The lowest BCUT2D eigenvalue weighted by molar-refractivity contribution is 0.133. The van der Waals surface area contributed by atoms with Crippen LogP contribution in [0.3, 0.4) is 0 Å². The van der Waals surface area contributed by atoms with Gasteiger partial charge in [0, 0.05) is 5.02 Å². The maximum Gasteiger partial charge on any atom is 0.0736 e. The van der Waals surface area contributed by atoms with E-state index in [4.69, 9.17) is 17.3 Å². The van der Waals surface area contributed by atoms with Crippen LogP contribution < -0.4 is 11.1 Å². The summed E-state index contributed by atoms with van der Waals surface area (Å²) in [4.78, 5) is 0. The fraction of sp³-hybridized carbons (Fsp3) is 0.455. The van der Waals surface area contributed by atoms with Gasteiger partial charge in [-0.25, -0.2) is 0 Å². The molecule has 0 saturated heterocycles. The van der Waals surface area contributed by atoms with E-state index in [2.05, 4.69) is 5.32 Å². The molecule has 1 aromatic carbocycles. The van der Waals surface area contributed by atoms with E-state index in [1.54, 1.807) is 19.1 Å². The first kappa shape index (κ1) is 12.1. The lowest BCUT2D eigenvalue weighted by Crippen LogP contribution is -2.42. The molecule has 0 bridgehead atoms. The summed E-state index contributed by atoms with van der Waals surface area (Å²) in [5, 5.41) is 13.3. The first-order chi connectivity index (χ1) is 6.83. The van der Waals surface area contributed by atoms with Gasteiger partial charge in [-0.3, -0.25) is 0 Å². The van der Waals surface area contributed by atoms with E-state index in [1.807, 2.05) is 19.9 Å². The van der Waals surface area contributed by atoms with Crippen LogP contribution in [0, 0.1) is 0 Å². The Kier molecular flexibility index (Phi) is 3.47. The highest BCUT2D eigenvalue weighted by molar-refractivity contribution is 6.31. The minimum absolute atomic E-state index is 0.429. The lowest BCUT2D eigenvalue weighted by Gasteiger charge is -2.31. The number of nitrogens with two attached hydrogens (primary N) is 1. The molecule has 1 aromatic rings. The van der Waals surface area contributed by atoms with Crippen molar-refractivity contribution in [3.8, 4) is 0 Å². The Labute approximate surface area is 95.2 Å². The zero-order valence-corrected chi connectivity index (χ0v) is 9.97. The van der Waals surface area contributed by atoms with E-state index >= 15 is 0 Å². The molecule has 0 saturated carbocycles. The molecule has 0 aromatic heterocycles. The number of aliphatic hydroxyl groups excluding tert-OH is 1. The number of anilines is 2. The highest BCUT2D eigenvalue weighted by atomic mass is 35.5. The SMILES string of the molecule is CC(O)C(C)(C)Nc1ccc(Cl)cc1N. The molecule has 4 N–H and O–H groups in total. The van der Waals surface area contributed by atoms with Crippen LogP contribution in [0.2, 0.25) is 5.02 Å². The number of aliphatic hydroxyl groups is 1. The van der Waals surface area contributed by atoms with Crippen molar-refractivity contribution in [2.45, 2.75) is 32.4 Å². The predicted molar refractivity (Wildman–Crippen MR) is 65.2 cm³/mol. The van der Waals surface area contributed by atoms with E-state index in [0.717, 1.165) is 5.69 Å². The first-order valence-corrected chi connectivity index (χ1v) is 5.22. The van der Waals surface area contributed by atoms with Gasteiger partial charge in [-0.05, 0) is 39.0 Å². The van der Waals surface area contributed by atoms with Crippen molar-refractivity contribution in [1.82, 2.24) is 0 Å². The minimum Gasteiger partial charge on any atom is -0.397 e. The van der Waals surface area contributed by atoms with Crippen LogP contribution in [0.25, 0.3) is 0 Å². The second kappa shape index (κ2) is 4.29. The van der Waals surface area contributed by atoms with Gasteiger partial charge >= 0.3 is 0 Å². The van der Waals surface area contributed by atoms with Crippen LogP contribution in [0.5, 0.6) is 0 Å². The van der Waals surface area contributed by atoms with Crippen LogP contribution in [-0.2, 0) is 0 Å². The maximum absolute atomic E-state index is 9.56. The van der Waals surface area contributed by atoms with Gasteiger partial charge in [0.25, 0.3) is 0 Å². The zero-order valence-electron chi connectivity index (χ0n) is 9.21. The third-order valence-electron chi connectivity index (χ3n) is 2.51. The summed E-state index contributed by atoms with van der Waals surface area (Å²) < 4.78 is 0. The first-order valence-electron chi connectivity index (χ1n) is 4.84. The smallest absolute Gasteiger partial charge is 0.0736 e. The monoisotopic (exact) mass is 228 g/mol. The molecule has 15 heavy (non-hydrogen) atoms. The van der Waals surface area contributed by atoms with Crippen molar-refractivity contribution in [3.63, 3.8) is 0 Å². The molecule has 0 amide bonds. The molecular weight excluding hydrogens is 212 g/mol.